The number of aliphatic hydroxyl groups excluding tert-OH is 1. The molecule has 5 nitrogen and oxygen atoms in total. The van der Waals surface area contributed by atoms with Crippen molar-refractivity contribution in [2.75, 3.05) is 12.0 Å². The lowest BCUT2D eigenvalue weighted by molar-refractivity contribution is -0.132. The molecule has 0 radical (unpaired) electrons. The van der Waals surface area contributed by atoms with Crippen LogP contribution in [0.25, 0.3) is 5.76 Å². The van der Waals surface area contributed by atoms with Gasteiger partial charge in [-0.3, -0.25) is 14.5 Å². The van der Waals surface area contributed by atoms with Crippen LogP contribution in [0.3, 0.4) is 0 Å². The number of methoxy groups -OCH3 is 1. The molecule has 1 unspecified atom stereocenters. The molecule has 1 N–H and O–H groups in total. The van der Waals surface area contributed by atoms with Gasteiger partial charge in [0.2, 0.25) is 0 Å². The second-order valence-electron chi connectivity index (χ2n) is 7.75. The smallest absolute Gasteiger partial charge is 0.300 e. The minimum atomic E-state index is -0.842. The molecule has 0 aromatic heterocycles. The number of benzene rings is 3. The van der Waals surface area contributed by atoms with Gasteiger partial charge in [-0.1, -0.05) is 59.6 Å². The van der Waals surface area contributed by atoms with Crippen LogP contribution in [0.2, 0.25) is 5.02 Å². The van der Waals surface area contributed by atoms with Gasteiger partial charge in [-0.05, 0) is 49.2 Å². The average Bonchev–Trinajstić information content (AvgIpc) is 3.06. The summed E-state index contributed by atoms with van der Waals surface area (Å²) in [7, 11) is 1.54. The topological polar surface area (TPSA) is 66.8 Å². The quantitative estimate of drug-likeness (QED) is 0.321. The van der Waals surface area contributed by atoms with Crippen LogP contribution in [0.5, 0.6) is 5.75 Å². The molecule has 0 bridgehead atoms. The van der Waals surface area contributed by atoms with E-state index in [9.17, 15) is 14.7 Å². The van der Waals surface area contributed by atoms with Crippen molar-refractivity contribution in [2.24, 2.45) is 0 Å². The molecule has 32 heavy (non-hydrogen) atoms. The SMILES string of the molecule is COc1cccc(C2/C(=C(\O)c3ccc(C)cc3)C(=O)C(=O)N2c2ccc(C)c(Cl)c2)c1. The zero-order valence-corrected chi connectivity index (χ0v) is 18.7. The highest BCUT2D eigenvalue weighted by Crippen LogP contribution is 2.43. The average molecular weight is 448 g/mol. The summed E-state index contributed by atoms with van der Waals surface area (Å²) in [4.78, 5) is 27.8. The number of hydrogen-bond donors (Lipinski definition) is 1. The molecule has 3 aromatic carbocycles. The zero-order chi connectivity index (χ0) is 23.0. The van der Waals surface area contributed by atoms with E-state index in [-0.39, 0.29) is 11.3 Å². The Hall–Kier alpha value is -3.57. The summed E-state index contributed by atoms with van der Waals surface area (Å²) in [5, 5.41) is 11.6. The van der Waals surface area contributed by atoms with E-state index in [1.54, 1.807) is 61.7 Å². The number of carbonyl (C=O) groups is 2. The monoisotopic (exact) mass is 447 g/mol. The molecule has 1 saturated heterocycles. The van der Waals surface area contributed by atoms with Gasteiger partial charge in [-0.25, -0.2) is 0 Å². The normalized spacial score (nSPS) is 17.6. The van der Waals surface area contributed by atoms with Gasteiger partial charge in [0.05, 0.1) is 18.7 Å². The maximum Gasteiger partial charge on any atom is 0.300 e. The van der Waals surface area contributed by atoms with Crippen LogP contribution in [-0.4, -0.2) is 23.9 Å². The van der Waals surface area contributed by atoms with Crippen molar-refractivity contribution >= 4 is 34.7 Å². The van der Waals surface area contributed by atoms with E-state index in [4.69, 9.17) is 16.3 Å². The molecule has 1 aliphatic heterocycles. The Morgan fingerprint density at radius 2 is 1.72 bits per heavy atom. The maximum absolute atomic E-state index is 13.2. The van der Waals surface area contributed by atoms with E-state index in [0.29, 0.717) is 27.6 Å². The number of aryl methyl sites for hydroxylation is 2. The molecule has 1 heterocycles. The first-order valence-corrected chi connectivity index (χ1v) is 10.5. The summed E-state index contributed by atoms with van der Waals surface area (Å²) in [5.41, 5.74) is 3.45. The Morgan fingerprint density at radius 1 is 1.00 bits per heavy atom. The van der Waals surface area contributed by atoms with Crippen LogP contribution in [0, 0.1) is 13.8 Å². The maximum atomic E-state index is 13.2. The van der Waals surface area contributed by atoms with Crippen LogP contribution >= 0.6 is 11.6 Å². The summed E-state index contributed by atoms with van der Waals surface area (Å²) in [5.74, 6) is -1.14. The number of carbonyl (C=O) groups excluding carboxylic acids is 2. The molecule has 3 aromatic rings. The Kier molecular flexibility index (Phi) is 5.76. The number of Topliss-reactive ketones (excluding diaryl/α,β-unsaturated/α-hetero) is 1. The molecule has 0 saturated carbocycles. The first kappa shape index (κ1) is 21.7. The van der Waals surface area contributed by atoms with Gasteiger partial charge >= 0.3 is 0 Å². The number of halogens is 1. The zero-order valence-electron chi connectivity index (χ0n) is 17.9. The summed E-state index contributed by atoms with van der Waals surface area (Å²) in [6.45, 7) is 3.79. The highest BCUT2D eigenvalue weighted by atomic mass is 35.5. The lowest BCUT2D eigenvalue weighted by atomic mass is 9.94. The lowest BCUT2D eigenvalue weighted by Crippen LogP contribution is -2.29. The molecule has 0 aliphatic carbocycles. The van der Waals surface area contributed by atoms with E-state index in [0.717, 1.165) is 11.1 Å². The first-order valence-electron chi connectivity index (χ1n) is 10.1. The number of aliphatic hydroxyl groups is 1. The fourth-order valence-electron chi connectivity index (χ4n) is 3.82. The molecule has 0 spiro atoms. The number of ether oxygens (including phenoxy) is 1. The fourth-order valence-corrected chi connectivity index (χ4v) is 4.00. The minimum absolute atomic E-state index is 0.0174. The third-order valence-electron chi connectivity index (χ3n) is 5.61. The van der Waals surface area contributed by atoms with Gasteiger partial charge in [0, 0.05) is 16.3 Å². The first-order chi connectivity index (χ1) is 15.3. The number of rotatable bonds is 4. The standard InChI is InChI=1S/C26H22ClNO4/c1-15-7-10-17(11-8-15)24(29)22-23(18-5-4-6-20(13-18)32-3)28(26(31)25(22)30)19-12-9-16(2)21(27)14-19/h4-14,23,29H,1-3H3/b24-22+. The van der Waals surface area contributed by atoms with Gasteiger partial charge in [0.1, 0.15) is 11.5 Å². The largest absolute Gasteiger partial charge is 0.507 e. The van der Waals surface area contributed by atoms with Crippen LogP contribution in [-0.2, 0) is 9.59 Å². The van der Waals surface area contributed by atoms with E-state index in [1.807, 2.05) is 26.0 Å². The van der Waals surface area contributed by atoms with Crippen molar-refractivity contribution in [3.63, 3.8) is 0 Å². The van der Waals surface area contributed by atoms with Crippen LogP contribution in [0.1, 0.15) is 28.3 Å². The van der Waals surface area contributed by atoms with Crippen molar-refractivity contribution in [3.8, 4) is 5.75 Å². The Morgan fingerprint density at radius 3 is 2.38 bits per heavy atom. The molecular formula is C26H22ClNO4. The van der Waals surface area contributed by atoms with Crippen molar-refractivity contribution < 1.29 is 19.4 Å². The lowest BCUT2D eigenvalue weighted by Gasteiger charge is -2.26. The van der Waals surface area contributed by atoms with E-state index < -0.39 is 17.7 Å². The van der Waals surface area contributed by atoms with E-state index >= 15 is 0 Å². The third kappa shape index (κ3) is 3.76. The molecule has 1 fully saturated rings. The van der Waals surface area contributed by atoms with Crippen molar-refractivity contribution in [1.82, 2.24) is 0 Å². The molecule has 1 aliphatic rings. The summed E-state index contributed by atoms with van der Waals surface area (Å²) in [6.07, 6.45) is 0. The summed E-state index contributed by atoms with van der Waals surface area (Å²) in [6, 6.07) is 18.6. The van der Waals surface area contributed by atoms with E-state index in [2.05, 4.69) is 0 Å². The highest BCUT2D eigenvalue weighted by molar-refractivity contribution is 6.51. The third-order valence-corrected chi connectivity index (χ3v) is 6.02. The molecule has 4 rings (SSSR count). The fraction of sp³-hybridized carbons (Fsp3) is 0.154. The predicted molar refractivity (Wildman–Crippen MR) is 125 cm³/mol. The number of anilines is 1. The number of amides is 1. The predicted octanol–water partition coefficient (Wildman–Crippen LogP) is 5.59. The van der Waals surface area contributed by atoms with Crippen LogP contribution in [0.15, 0.2) is 72.3 Å². The van der Waals surface area contributed by atoms with Crippen molar-refractivity contribution in [3.05, 3.63) is 99.6 Å². The van der Waals surface area contributed by atoms with Crippen molar-refractivity contribution in [2.45, 2.75) is 19.9 Å². The minimum Gasteiger partial charge on any atom is -0.507 e. The summed E-state index contributed by atoms with van der Waals surface area (Å²) >= 11 is 6.32. The van der Waals surface area contributed by atoms with Gasteiger partial charge in [0.25, 0.3) is 11.7 Å². The van der Waals surface area contributed by atoms with E-state index in [1.165, 1.54) is 4.90 Å². The van der Waals surface area contributed by atoms with Gasteiger partial charge < -0.3 is 9.84 Å². The Labute approximate surface area is 191 Å². The van der Waals surface area contributed by atoms with Crippen LogP contribution in [0.4, 0.5) is 5.69 Å². The Balaban J connectivity index is 1.96. The van der Waals surface area contributed by atoms with Gasteiger partial charge in [0.15, 0.2) is 0 Å². The molecule has 6 heteroatoms. The van der Waals surface area contributed by atoms with Crippen LogP contribution < -0.4 is 9.64 Å². The van der Waals surface area contributed by atoms with Crippen molar-refractivity contribution in [1.29, 1.82) is 0 Å². The molecule has 162 valence electrons. The Bertz CT molecular complexity index is 1250. The molecule has 1 amide bonds. The molecular weight excluding hydrogens is 426 g/mol. The summed E-state index contributed by atoms with van der Waals surface area (Å²) < 4.78 is 5.35. The number of ketones is 1. The number of nitrogens with zero attached hydrogens (tertiary/aromatic N) is 1. The highest BCUT2D eigenvalue weighted by Gasteiger charge is 2.47. The van der Waals surface area contributed by atoms with Gasteiger partial charge in [-0.15, -0.1) is 0 Å². The van der Waals surface area contributed by atoms with Gasteiger partial charge in [-0.2, -0.15) is 0 Å². The second-order valence-corrected chi connectivity index (χ2v) is 8.15. The number of hydrogen-bond acceptors (Lipinski definition) is 4. The second kappa shape index (κ2) is 8.52. The molecule has 1 atom stereocenters.